The second kappa shape index (κ2) is 5.27. The molecule has 0 aliphatic heterocycles. The molecular weight excluding hydrogens is 304 g/mol. The van der Waals surface area contributed by atoms with Gasteiger partial charge < -0.3 is 11.1 Å². The zero-order valence-corrected chi connectivity index (χ0v) is 11.6. The molecule has 1 amide bonds. The number of nitrogens with two attached hydrogens (primary N) is 1. The van der Waals surface area contributed by atoms with Gasteiger partial charge >= 0.3 is 0 Å². The number of amides is 1. The lowest BCUT2D eigenvalue weighted by atomic mass is 9.85. The van der Waals surface area contributed by atoms with Gasteiger partial charge in [0.25, 0.3) is 5.91 Å². The number of hydrogen-bond acceptors (Lipinski definition) is 2. The molecule has 2 rings (SSSR count). The third kappa shape index (κ3) is 2.93. The Bertz CT molecular complexity index is 446. The van der Waals surface area contributed by atoms with Crippen LogP contribution in [-0.4, -0.2) is 12.5 Å². The van der Waals surface area contributed by atoms with Crippen LogP contribution in [-0.2, 0) is 0 Å². The van der Waals surface area contributed by atoms with Gasteiger partial charge in [-0.1, -0.05) is 18.0 Å². The topological polar surface area (TPSA) is 55.1 Å². The number of benzene rings is 1. The molecular formula is C12H14BrClN2O. The van der Waals surface area contributed by atoms with Crippen LogP contribution in [0.4, 0.5) is 5.69 Å². The van der Waals surface area contributed by atoms with Crippen LogP contribution in [0.5, 0.6) is 0 Å². The second-order valence-electron chi connectivity index (χ2n) is 4.36. The summed E-state index contributed by atoms with van der Waals surface area (Å²) in [7, 11) is 0. The van der Waals surface area contributed by atoms with E-state index in [2.05, 4.69) is 21.2 Å². The molecule has 0 atom stereocenters. The first-order valence-corrected chi connectivity index (χ1v) is 6.77. The molecule has 0 heterocycles. The number of rotatable bonds is 3. The van der Waals surface area contributed by atoms with Gasteiger partial charge in [0.05, 0.1) is 11.3 Å². The molecule has 1 aromatic carbocycles. The van der Waals surface area contributed by atoms with Gasteiger partial charge in [-0.3, -0.25) is 4.79 Å². The van der Waals surface area contributed by atoms with Crippen molar-refractivity contribution in [3.8, 4) is 0 Å². The average Bonchev–Trinajstić information content (AvgIpc) is 2.20. The van der Waals surface area contributed by atoms with E-state index in [9.17, 15) is 4.79 Å². The molecule has 3 N–H and O–H groups in total. The van der Waals surface area contributed by atoms with Gasteiger partial charge in [0.2, 0.25) is 0 Å². The Balaban J connectivity index is 2.07. The Hall–Kier alpha value is -0.740. The quantitative estimate of drug-likeness (QED) is 0.841. The van der Waals surface area contributed by atoms with E-state index in [1.165, 1.54) is 19.3 Å². The van der Waals surface area contributed by atoms with Crippen molar-refractivity contribution in [2.45, 2.75) is 19.3 Å². The van der Waals surface area contributed by atoms with E-state index in [0.717, 1.165) is 6.54 Å². The summed E-state index contributed by atoms with van der Waals surface area (Å²) in [5.74, 6) is 0.473. The number of hydrogen-bond donors (Lipinski definition) is 2. The number of nitrogen functional groups attached to an aromatic ring is 1. The SMILES string of the molecule is Nc1c(Br)cc(Cl)cc1C(=O)NCC1CCC1. The summed E-state index contributed by atoms with van der Waals surface area (Å²) >= 11 is 9.18. The Morgan fingerprint density at radius 3 is 2.82 bits per heavy atom. The maximum Gasteiger partial charge on any atom is 0.253 e. The highest BCUT2D eigenvalue weighted by Crippen LogP contribution is 2.28. The van der Waals surface area contributed by atoms with Gasteiger partial charge in [0, 0.05) is 16.0 Å². The first-order chi connectivity index (χ1) is 8.08. The van der Waals surface area contributed by atoms with E-state index < -0.39 is 0 Å². The number of anilines is 1. The lowest BCUT2D eigenvalue weighted by molar-refractivity contribution is 0.0940. The van der Waals surface area contributed by atoms with Crippen molar-refractivity contribution < 1.29 is 4.79 Å². The molecule has 17 heavy (non-hydrogen) atoms. The molecule has 5 heteroatoms. The molecule has 0 saturated heterocycles. The maximum atomic E-state index is 11.9. The first kappa shape index (κ1) is 12.7. The third-order valence-corrected chi connectivity index (χ3v) is 3.99. The van der Waals surface area contributed by atoms with Gasteiger partial charge in [0.1, 0.15) is 0 Å². The van der Waals surface area contributed by atoms with Gasteiger partial charge in [-0.15, -0.1) is 0 Å². The zero-order valence-electron chi connectivity index (χ0n) is 9.30. The van der Waals surface area contributed by atoms with Crippen molar-refractivity contribution in [1.29, 1.82) is 0 Å². The van der Waals surface area contributed by atoms with Crippen molar-refractivity contribution in [2.24, 2.45) is 5.92 Å². The van der Waals surface area contributed by atoms with E-state index in [1.54, 1.807) is 12.1 Å². The Morgan fingerprint density at radius 2 is 2.24 bits per heavy atom. The highest BCUT2D eigenvalue weighted by Gasteiger charge is 2.19. The van der Waals surface area contributed by atoms with Crippen LogP contribution < -0.4 is 11.1 Å². The van der Waals surface area contributed by atoms with Crippen LogP contribution in [0.15, 0.2) is 16.6 Å². The smallest absolute Gasteiger partial charge is 0.253 e. The molecule has 1 aliphatic carbocycles. The van der Waals surface area contributed by atoms with Crippen molar-refractivity contribution in [1.82, 2.24) is 5.32 Å². The normalized spacial score (nSPS) is 15.4. The summed E-state index contributed by atoms with van der Waals surface area (Å²) in [6, 6.07) is 3.28. The molecule has 1 aliphatic rings. The van der Waals surface area contributed by atoms with Crippen LogP contribution in [0.3, 0.4) is 0 Å². The summed E-state index contributed by atoms with van der Waals surface area (Å²) in [4.78, 5) is 11.9. The Kier molecular flexibility index (Phi) is 3.94. The van der Waals surface area contributed by atoms with Crippen molar-refractivity contribution >= 4 is 39.1 Å². The van der Waals surface area contributed by atoms with Crippen molar-refractivity contribution in [3.63, 3.8) is 0 Å². The average molecular weight is 318 g/mol. The van der Waals surface area contributed by atoms with Crippen molar-refractivity contribution in [3.05, 3.63) is 27.2 Å². The molecule has 1 fully saturated rings. The summed E-state index contributed by atoms with van der Waals surface area (Å²) < 4.78 is 0.652. The minimum atomic E-state index is -0.155. The summed E-state index contributed by atoms with van der Waals surface area (Å²) in [5.41, 5.74) is 6.70. The van der Waals surface area contributed by atoms with Crippen LogP contribution in [0.25, 0.3) is 0 Å². The van der Waals surface area contributed by atoms with E-state index >= 15 is 0 Å². The number of carbonyl (C=O) groups excluding carboxylic acids is 1. The standard InChI is InChI=1S/C12H14BrClN2O/c13-10-5-8(14)4-9(11(10)15)12(17)16-6-7-2-1-3-7/h4-5,7H,1-3,6,15H2,(H,16,17). The summed E-state index contributed by atoms with van der Waals surface area (Å²) in [6.07, 6.45) is 3.68. The van der Waals surface area contributed by atoms with Gasteiger partial charge in [-0.25, -0.2) is 0 Å². The van der Waals surface area contributed by atoms with E-state index in [-0.39, 0.29) is 5.91 Å². The molecule has 0 unspecified atom stereocenters. The van der Waals surface area contributed by atoms with Gasteiger partial charge in [-0.05, 0) is 46.8 Å². The van der Waals surface area contributed by atoms with Crippen LogP contribution in [0.1, 0.15) is 29.6 Å². The fourth-order valence-electron chi connectivity index (χ4n) is 1.80. The van der Waals surface area contributed by atoms with Crippen LogP contribution in [0.2, 0.25) is 5.02 Å². The molecule has 92 valence electrons. The van der Waals surface area contributed by atoms with Crippen LogP contribution in [0, 0.1) is 5.92 Å². The highest BCUT2D eigenvalue weighted by atomic mass is 79.9. The lowest BCUT2D eigenvalue weighted by Gasteiger charge is -2.25. The number of carbonyl (C=O) groups is 1. The fourth-order valence-corrected chi connectivity index (χ4v) is 2.61. The number of nitrogens with one attached hydrogen (secondary N) is 1. The minimum absolute atomic E-state index is 0.155. The predicted octanol–water partition coefficient (Wildman–Crippen LogP) is 3.21. The zero-order chi connectivity index (χ0) is 12.4. The number of halogens is 2. The molecule has 0 radical (unpaired) electrons. The third-order valence-electron chi connectivity index (χ3n) is 3.11. The van der Waals surface area contributed by atoms with E-state index in [4.69, 9.17) is 17.3 Å². The van der Waals surface area contributed by atoms with Crippen molar-refractivity contribution in [2.75, 3.05) is 12.3 Å². The summed E-state index contributed by atoms with van der Waals surface area (Å²) in [5, 5.41) is 3.40. The first-order valence-electron chi connectivity index (χ1n) is 5.60. The predicted molar refractivity (Wildman–Crippen MR) is 73.2 cm³/mol. The maximum absolute atomic E-state index is 11.9. The molecule has 0 spiro atoms. The largest absolute Gasteiger partial charge is 0.397 e. The monoisotopic (exact) mass is 316 g/mol. The van der Waals surface area contributed by atoms with E-state index in [0.29, 0.717) is 26.7 Å². The Morgan fingerprint density at radius 1 is 1.53 bits per heavy atom. The molecule has 0 aromatic heterocycles. The van der Waals surface area contributed by atoms with E-state index in [1.807, 2.05) is 0 Å². The Labute approximate surface area is 114 Å². The van der Waals surface area contributed by atoms with Gasteiger partial charge in [0.15, 0.2) is 0 Å². The molecule has 1 aromatic rings. The lowest BCUT2D eigenvalue weighted by Crippen LogP contribution is -2.32. The molecule has 0 bridgehead atoms. The molecule has 1 saturated carbocycles. The van der Waals surface area contributed by atoms with Crippen LogP contribution >= 0.6 is 27.5 Å². The molecule has 3 nitrogen and oxygen atoms in total. The fraction of sp³-hybridized carbons (Fsp3) is 0.417. The van der Waals surface area contributed by atoms with Gasteiger partial charge in [-0.2, -0.15) is 0 Å². The highest BCUT2D eigenvalue weighted by molar-refractivity contribution is 9.10. The minimum Gasteiger partial charge on any atom is -0.397 e. The second-order valence-corrected chi connectivity index (χ2v) is 5.65. The summed E-state index contributed by atoms with van der Waals surface area (Å²) in [6.45, 7) is 0.725.